The molecule has 4 N–H and O–H groups in total. The van der Waals surface area contributed by atoms with E-state index < -0.39 is 23.3 Å². The highest BCUT2D eigenvalue weighted by Crippen LogP contribution is 2.18. The van der Waals surface area contributed by atoms with Crippen LogP contribution in [0.4, 0.5) is 0 Å². The van der Waals surface area contributed by atoms with Crippen molar-refractivity contribution in [3.63, 3.8) is 0 Å². The molecule has 1 atom stereocenters. The van der Waals surface area contributed by atoms with Gasteiger partial charge in [-0.05, 0) is 27.2 Å². The SMILES string of the molecule is CC(C)(C)NCCOCCOCC(=O)NCCOCCOCC(=O)N[C@@H](CCC(=O)C(C)(C)C)C(=O)O. The van der Waals surface area contributed by atoms with Crippen LogP contribution in [0.1, 0.15) is 54.4 Å². The lowest BCUT2D eigenvalue weighted by molar-refractivity contribution is -0.143. The van der Waals surface area contributed by atoms with Gasteiger partial charge < -0.3 is 40.0 Å². The van der Waals surface area contributed by atoms with Crippen LogP contribution in [0.15, 0.2) is 0 Å². The number of ketones is 1. The molecule has 0 aliphatic rings. The second-order valence-corrected chi connectivity index (χ2v) is 10.5. The van der Waals surface area contributed by atoms with Gasteiger partial charge in [0.15, 0.2) is 0 Å². The molecular weight excluding hydrogens is 486 g/mol. The maximum atomic E-state index is 12.0. The fourth-order valence-corrected chi connectivity index (χ4v) is 2.73. The Morgan fingerprint density at radius 2 is 1.24 bits per heavy atom. The van der Waals surface area contributed by atoms with Crippen molar-refractivity contribution < 1.29 is 43.2 Å². The molecule has 0 rings (SSSR count). The van der Waals surface area contributed by atoms with Gasteiger partial charge >= 0.3 is 5.97 Å². The van der Waals surface area contributed by atoms with Crippen LogP contribution in [-0.2, 0) is 38.1 Å². The molecule has 12 heteroatoms. The van der Waals surface area contributed by atoms with E-state index in [1.165, 1.54) is 0 Å². The molecule has 0 aliphatic carbocycles. The number of Topliss-reactive ketones (excluding diaryl/α,β-unsaturated/α-hetero) is 1. The lowest BCUT2D eigenvalue weighted by atomic mass is 9.87. The molecule has 0 spiro atoms. The van der Waals surface area contributed by atoms with Crippen molar-refractivity contribution in [3.8, 4) is 0 Å². The molecule has 0 unspecified atom stereocenters. The standard InChI is InChI=1S/C25H47N3O9/c1-24(2,3)20(29)8-7-19(23(32)33)28-22(31)18-37-16-13-34-11-9-26-21(30)17-36-15-14-35-12-10-27-25(4,5)6/h19,27H,7-18H2,1-6H3,(H,26,30)(H,28,31)(H,32,33)/t19-/m0/s1. The lowest BCUT2D eigenvalue weighted by Crippen LogP contribution is -2.43. The summed E-state index contributed by atoms with van der Waals surface area (Å²) in [6.45, 7) is 14.0. The molecule has 2 amide bonds. The van der Waals surface area contributed by atoms with E-state index in [-0.39, 0.29) is 63.1 Å². The quantitative estimate of drug-likeness (QED) is 0.153. The second-order valence-electron chi connectivity index (χ2n) is 10.5. The summed E-state index contributed by atoms with van der Waals surface area (Å²) in [6.07, 6.45) is 0.0719. The number of hydrogen-bond donors (Lipinski definition) is 4. The molecule has 0 aromatic heterocycles. The first-order valence-electron chi connectivity index (χ1n) is 12.6. The summed E-state index contributed by atoms with van der Waals surface area (Å²) in [6, 6.07) is -1.16. The van der Waals surface area contributed by atoms with Gasteiger partial charge in [-0.25, -0.2) is 4.79 Å². The first-order valence-corrected chi connectivity index (χ1v) is 12.6. The summed E-state index contributed by atoms with van der Waals surface area (Å²) in [4.78, 5) is 46.9. The highest BCUT2D eigenvalue weighted by molar-refractivity contribution is 5.86. The predicted molar refractivity (Wildman–Crippen MR) is 137 cm³/mol. The Morgan fingerprint density at radius 1 is 0.730 bits per heavy atom. The number of carbonyl (C=O) groups excluding carboxylic acids is 3. The van der Waals surface area contributed by atoms with Crippen LogP contribution in [-0.4, -0.2) is 106 Å². The Morgan fingerprint density at radius 3 is 1.76 bits per heavy atom. The largest absolute Gasteiger partial charge is 0.480 e. The van der Waals surface area contributed by atoms with Crippen LogP contribution < -0.4 is 16.0 Å². The van der Waals surface area contributed by atoms with Gasteiger partial charge in [-0.2, -0.15) is 0 Å². The van der Waals surface area contributed by atoms with E-state index in [0.29, 0.717) is 26.4 Å². The van der Waals surface area contributed by atoms with Crippen molar-refractivity contribution in [3.05, 3.63) is 0 Å². The van der Waals surface area contributed by atoms with E-state index in [1.54, 1.807) is 20.8 Å². The molecule has 37 heavy (non-hydrogen) atoms. The third-order valence-electron chi connectivity index (χ3n) is 4.81. The lowest BCUT2D eigenvalue weighted by Gasteiger charge is -2.20. The number of carboxylic acid groups (broad SMARTS) is 1. The molecular formula is C25H47N3O9. The van der Waals surface area contributed by atoms with Crippen molar-refractivity contribution in [1.29, 1.82) is 0 Å². The zero-order valence-corrected chi connectivity index (χ0v) is 23.3. The van der Waals surface area contributed by atoms with Crippen molar-refractivity contribution in [2.45, 2.75) is 66.0 Å². The maximum Gasteiger partial charge on any atom is 0.326 e. The average Bonchev–Trinajstić information content (AvgIpc) is 2.78. The van der Waals surface area contributed by atoms with Crippen LogP contribution in [0.3, 0.4) is 0 Å². The van der Waals surface area contributed by atoms with Gasteiger partial charge in [0, 0.05) is 30.5 Å². The Labute approximate surface area is 220 Å². The minimum Gasteiger partial charge on any atom is -0.480 e. The van der Waals surface area contributed by atoms with Crippen molar-refractivity contribution in [2.75, 3.05) is 65.9 Å². The van der Waals surface area contributed by atoms with Gasteiger partial charge in [0.2, 0.25) is 11.8 Å². The summed E-state index contributed by atoms with van der Waals surface area (Å²) in [5.74, 6) is -2.13. The van der Waals surface area contributed by atoms with Gasteiger partial charge in [-0.15, -0.1) is 0 Å². The fourth-order valence-electron chi connectivity index (χ4n) is 2.73. The zero-order chi connectivity index (χ0) is 28.3. The van der Waals surface area contributed by atoms with Crippen LogP contribution >= 0.6 is 0 Å². The smallest absolute Gasteiger partial charge is 0.326 e. The maximum absolute atomic E-state index is 12.0. The van der Waals surface area contributed by atoms with E-state index in [1.807, 2.05) is 0 Å². The van der Waals surface area contributed by atoms with Gasteiger partial charge in [0.05, 0.1) is 39.6 Å². The molecule has 0 saturated carbocycles. The normalized spacial score (nSPS) is 12.7. The van der Waals surface area contributed by atoms with Gasteiger partial charge in [-0.1, -0.05) is 20.8 Å². The number of nitrogens with one attached hydrogen (secondary N) is 3. The molecule has 0 aromatic carbocycles. The molecule has 0 saturated heterocycles. The molecule has 12 nitrogen and oxygen atoms in total. The average molecular weight is 534 g/mol. The molecule has 0 aromatic rings. The highest BCUT2D eigenvalue weighted by atomic mass is 16.5. The van der Waals surface area contributed by atoms with E-state index in [2.05, 4.69) is 36.7 Å². The minimum absolute atomic E-state index is 0.0141. The fraction of sp³-hybridized carbons (Fsp3) is 0.840. The molecule has 216 valence electrons. The summed E-state index contributed by atoms with van der Waals surface area (Å²) in [7, 11) is 0. The van der Waals surface area contributed by atoms with Crippen LogP contribution in [0.2, 0.25) is 0 Å². The topological polar surface area (TPSA) is 162 Å². The van der Waals surface area contributed by atoms with Crippen LogP contribution in [0.25, 0.3) is 0 Å². The molecule has 0 radical (unpaired) electrons. The highest BCUT2D eigenvalue weighted by Gasteiger charge is 2.25. The molecule has 0 fully saturated rings. The van der Waals surface area contributed by atoms with E-state index in [9.17, 15) is 24.3 Å². The number of amides is 2. The molecule has 0 heterocycles. The predicted octanol–water partition coefficient (Wildman–Crippen LogP) is 0.522. The first-order chi connectivity index (χ1) is 17.2. The Hall–Kier alpha value is -2.12. The third-order valence-corrected chi connectivity index (χ3v) is 4.81. The van der Waals surface area contributed by atoms with Crippen molar-refractivity contribution in [1.82, 2.24) is 16.0 Å². The van der Waals surface area contributed by atoms with Crippen molar-refractivity contribution >= 4 is 23.6 Å². The third kappa shape index (κ3) is 21.7. The number of aliphatic carboxylic acids is 1. The van der Waals surface area contributed by atoms with Crippen LogP contribution in [0, 0.1) is 5.41 Å². The van der Waals surface area contributed by atoms with Crippen LogP contribution in [0.5, 0.6) is 0 Å². The summed E-state index contributed by atoms with van der Waals surface area (Å²) in [5.41, 5.74) is -0.513. The van der Waals surface area contributed by atoms with Gasteiger partial charge in [0.25, 0.3) is 0 Å². The Balaban J connectivity index is 3.70. The summed E-state index contributed by atoms with van der Waals surface area (Å²) in [5, 5.41) is 17.6. The van der Waals surface area contributed by atoms with Crippen molar-refractivity contribution in [2.24, 2.45) is 5.41 Å². The monoisotopic (exact) mass is 533 g/mol. The van der Waals surface area contributed by atoms with Gasteiger partial charge in [-0.3, -0.25) is 14.4 Å². The molecule has 0 aliphatic heterocycles. The number of ether oxygens (including phenoxy) is 4. The minimum atomic E-state index is -1.21. The molecule has 0 bridgehead atoms. The van der Waals surface area contributed by atoms with E-state index in [0.717, 1.165) is 6.54 Å². The number of carbonyl (C=O) groups is 4. The first kappa shape index (κ1) is 34.9. The Kier molecular flexibility index (Phi) is 17.9. The number of rotatable bonds is 21. The second kappa shape index (κ2) is 19.0. The van der Waals surface area contributed by atoms with E-state index >= 15 is 0 Å². The summed E-state index contributed by atoms with van der Waals surface area (Å²) >= 11 is 0. The number of hydrogen-bond acceptors (Lipinski definition) is 9. The van der Waals surface area contributed by atoms with Gasteiger partial charge in [0.1, 0.15) is 25.0 Å². The number of carboxylic acids is 1. The zero-order valence-electron chi connectivity index (χ0n) is 23.3. The Bertz CT molecular complexity index is 688. The summed E-state index contributed by atoms with van der Waals surface area (Å²) < 4.78 is 21.2. The van der Waals surface area contributed by atoms with E-state index in [4.69, 9.17) is 18.9 Å².